The number of benzene rings is 2. The highest BCUT2D eigenvalue weighted by Gasteiger charge is 2.22. The molecule has 1 fully saturated rings. The molecule has 186 valence electrons. The topological polar surface area (TPSA) is 67.4 Å². The van der Waals surface area contributed by atoms with Crippen LogP contribution in [0.25, 0.3) is 17.3 Å². The van der Waals surface area contributed by atoms with Crippen molar-refractivity contribution >= 4 is 34.8 Å². The van der Waals surface area contributed by atoms with Gasteiger partial charge in [-0.05, 0) is 49.7 Å². The van der Waals surface area contributed by atoms with E-state index in [1.807, 2.05) is 71.1 Å². The molecule has 36 heavy (non-hydrogen) atoms. The smallest absolute Gasteiger partial charge is 0.307 e. The fraction of sp³-hybridized carbons (Fsp3) is 0.296. The molecule has 7 nitrogen and oxygen atoms in total. The number of imidazole rings is 1. The maximum absolute atomic E-state index is 12.9. The van der Waals surface area contributed by atoms with E-state index in [1.165, 1.54) is 0 Å². The lowest BCUT2D eigenvalue weighted by molar-refractivity contribution is -0.131. The fourth-order valence-electron chi connectivity index (χ4n) is 4.45. The Hall–Kier alpha value is -3.29. The highest BCUT2D eigenvalue weighted by molar-refractivity contribution is 6.30. The van der Waals surface area contributed by atoms with Crippen LogP contribution in [0.1, 0.15) is 24.4 Å². The number of anilines is 1. The molecule has 1 saturated heterocycles. The highest BCUT2D eigenvalue weighted by atomic mass is 35.5. The Bertz CT molecular complexity index is 1320. The number of nitrogens with zero attached hydrogens (tertiary/aromatic N) is 5. The number of hydrogen-bond acceptors (Lipinski definition) is 5. The third-order valence-electron chi connectivity index (χ3n) is 6.45. The van der Waals surface area contributed by atoms with Crippen molar-refractivity contribution in [2.45, 2.75) is 26.2 Å². The van der Waals surface area contributed by atoms with Gasteiger partial charge in [0.25, 0.3) is 0 Å². The number of amides is 1. The van der Waals surface area contributed by atoms with Crippen LogP contribution in [0.5, 0.6) is 0 Å². The van der Waals surface area contributed by atoms with Crippen LogP contribution in [0, 0.1) is 6.92 Å². The van der Waals surface area contributed by atoms with Crippen molar-refractivity contribution in [3.05, 3.63) is 82.6 Å². The molecule has 1 amide bonds. The maximum atomic E-state index is 12.9. The predicted octanol–water partition coefficient (Wildman–Crippen LogP) is 5.81. The second-order valence-corrected chi connectivity index (χ2v) is 9.69. The van der Waals surface area contributed by atoms with Crippen LogP contribution in [-0.2, 0) is 11.2 Å². The summed E-state index contributed by atoms with van der Waals surface area (Å²) >= 11 is 12.1. The Morgan fingerprint density at radius 3 is 2.28 bits per heavy atom. The molecular formula is C27H27Cl2N5O2. The normalized spacial score (nSPS) is 13.9. The van der Waals surface area contributed by atoms with Gasteiger partial charge in [-0.3, -0.25) is 9.36 Å². The molecule has 2 aromatic heterocycles. The summed E-state index contributed by atoms with van der Waals surface area (Å²) in [7, 11) is 0. The van der Waals surface area contributed by atoms with Gasteiger partial charge in [-0.15, -0.1) is 0 Å². The average Bonchev–Trinajstić information content (AvgIpc) is 3.51. The zero-order chi connectivity index (χ0) is 25.1. The molecule has 5 rings (SSSR count). The molecule has 0 atom stereocenters. The molecule has 1 aliphatic heterocycles. The van der Waals surface area contributed by atoms with Crippen LogP contribution in [0.3, 0.4) is 0 Å². The van der Waals surface area contributed by atoms with Gasteiger partial charge in [0.15, 0.2) is 0 Å². The molecule has 0 bridgehead atoms. The van der Waals surface area contributed by atoms with Crippen LogP contribution in [-0.4, -0.2) is 51.5 Å². The van der Waals surface area contributed by atoms with Crippen LogP contribution < -0.4 is 4.90 Å². The number of hydrogen-bond donors (Lipinski definition) is 0. The van der Waals surface area contributed by atoms with Crippen molar-refractivity contribution < 1.29 is 9.21 Å². The van der Waals surface area contributed by atoms with Crippen molar-refractivity contribution in [2.24, 2.45) is 0 Å². The quantitative estimate of drug-likeness (QED) is 0.305. The van der Waals surface area contributed by atoms with Crippen molar-refractivity contribution in [3.8, 4) is 17.3 Å². The first-order valence-electron chi connectivity index (χ1n) is 12.0. The van der Waals surface area contributed by atoms with Crippen LogP contribution >= 0.6 is 23.2 Å². The van der Waals surface area contributed by atoms with Crippen molar-refractivity contribution in [3.63, 3.8) is 0 Å². The SMILES string of the molecule is Cc1nccn1-c1nc(-c2ccc(Cl)cc2)c(CCCC(=O)N2CCN(c3ccc(Cl)cc3)CC2)o1. The van der Waals surface area contributed by atoms with Gasteiger partial charge in [-0.1, -0.05) is 35.3 Å². The van der Waals surface area contributed by atoms with Crippen LogP contribution in [0.15, 0.2) is 65.3 Å². The molecule has 3 heterocycles. The molecule has 1 aliphatic rings. The largest absolute Gasteiger partial charge is 0.427 e. The van der Waals surface area contributed by atoms with E-state index in [-0.39, 0.29) is 5.91 Å². The number of carbonyl (C=O) groups is 1. The lowest BCUT2D eigenvalue weighted by Crippen LogP contribution is -2.48. The predicted molar refractivity (Wildman–Crippen MR) is 142 cm³/mol. The molecule has 0 unspecified atom stereocenters. The lowest BCUT2D eigenvalue weighted by Gasteiger charge is -2.36. The minimum absolute atomic E-state index is 0.170. The molecule has 0 spiro atoms. The van der Waals surface area contributed by atoms with E-state index < -0.39 is 0 Å². The Morgan fingerprint density at radius 1 is 0.972 bits per heavy atom. The number of carbonyl (C=O) groups excluding carboxylic acids is 1. The fourth-order valence-corrected chi connectivity index (χ4v) is 4.70. The monoisotopic (exact) mass is 523 g/mol. The molecule has 2 aromatic carbocycles. The molecule has 0 saturated carbocycles. The number of halogens is 2. The highest BCUT2D eigenvalue weighted by Crippen LogP contribution is 2.29. The third kappa shape index (κ3) is 5.42. The molecule has 9 heteroatoms. The number of aryl methyl sites for hydroxylation is 2. The molecule has 0 N–H and O–H groups in total. The van der Waals surface area contributed by atoms with Crippen molar-refractivity contribution in [1.82, 2.24) is 19.4 Å². The van der Waals surface area contributed by atoms with Gasteiger partial charge in [0.1, 0.15) is 17.3 Å². The summed E-state index contributed by atoms with van der Waals surface area (Å²) < 4.78 is 7.98. The first-order chi connectivity index (χ1) is 17.5. The standard InChI is InChI=1S/C27H27Cl2N5O2/c1-19-30-13-14-34(19)27-31-26(20-5-7-21(28)8-6-20)24(36-27)3-2-4-25(35)33-17-15-32(16-18-33)23-11-9-22(29)10-12-23/h5-14H,2-4,15-18H2,1H3. The summed E-state index contributed by atoms with van der Waals surface area (Å²) in [5.74, 6) is 1.71. The van der Waals surface area contributed by atoms with E-state index in [9.17, 15) is 4.79 Å². The summed E-state index contributed by atoms with van der Waals surface area (Å²) in [6, 6.07) is 15.8. The Balaban J connectivity index is 1.22. The van der Waals surface area contributed by atoms with Gasteiger partial charge >= 0.3 is 6.01 Å². The summed E-state index contributed by atoms with van der Waals surface area (Å²) in [4.78, 5) is 26.2. The third-order valence-corrected chi connectivity index (χ3v) is 6.96. The zero-order valence-electron chi connectivity index (χ0n) is 20.0. The molecule has 0 radical (unpaired) electrons. The second-order valence-electron chi connectivity index (χ2n) is 8.82. The van der Waals surface area contributed by atoms with E-state index in [0.29, 0.717) is 43.4 Å². The summed E-state index contributed by atoms with van der Waals surface area (Å²) in [6.45, 7) is 4.94. The van der Waals surface area contributed by atoms with Crippen molar-refractivity contribution in [2.75, 3.05) is 31.1 Å². The first kappa shape index (κ1) is 24.4. The minimum atomic E-state index is 0.170. The molecule has 4 aromatic rings. The first-order valence-corrected chi connectivity index (χ1v) is 12.8. The maximum Gasteiger partial charge on any atom is 0.307 e. The number of rotatable bonds is 7. The van der Waals surface area contributed by atoms with Gasteiger partial charge in [0.05, 0.1) is 0 Å². The Kier molecular flexibility index (Phi) is 7.30. The Labute approximate surface area is 220 Å². The number of aromatic nitrogens is 3. The van der Waals surface area contributed by atoms with Crippen LogP contribution in [0.2, 0.25) is 10.0 Å². The average molecular weight is 524 g/mol. The minimum Gasteiger partial charge on any atom is -0.427 e. The van der Waals surface area contributed by atoms with E-state index >= 15 is 0 Å². The van der Waals surface area contributed by atoms with Gasteiger partial charge < -0.3 is 14.2 Å². The zero-order valence-corrected chi connectivity index (χ0v) is 21.5. The Morgan fingerprint density at radius 2 is 1.64 bits per heavy atom. The number of oxazole rings is 1. The summed E-state index contributed by atoms with van der Waals surface area (Å²) in [6.07, 6.45) is 5.28. The van der Waals surface area contributed by atoms with Gasteiger partial charge in [-0.2, -0.15) is 4.98 Å². The van der Waals surface area contributed by atoms with E-state index in [4.69, 9.17) is 32.6 Å². The second kappa shape index (κ2) is 10.8. The van der Waals surface area contributed by atoms with E-state index in [2.05, 4.69) is 9.88 Å². The number of piperazine rings is 1. The van der Waals surface area contributed by atoms with Gasteiger partial charge in [-0.25, -0.2) is 4.98 Å². The molecule has 0 aliphatic carbocycles. The van der Waals surface area contributed by atoms with Crippen molar-refractivity contribution in [1.29, 1.82) is 0 Å². The van der Waals surface area contributed by atoms with E-state index in [0.717, 1.165) is 46.6 Å². The molecular weight excluding hydrogens is 497 g/mol. The van der Waals surface area contributed by atoms with Gasteiger partial charge in [0.2, 0.25) is 5.91 Å². The van der Waals surface area contributed by atoms with E-state index in [1.54, 1.807) is 6.20 Å². The lowest BCUT2D eigenvalue weighted by atomic mass is 10.1. The van der Waals surface area contributed by atoms with Crippen LogP contribution in [0.4, 0.5) is 5.69 Å². The van der Waals surface area contributed by atoms with Gasteiger partial charge in [0, 0.05) is 72.7 Å². The summed E-state index contributed by atoms with van der Waals surface area (Å²) in [5.41, 5.74) is 2.82. The summed E-state index contributed by atoms with van der Waals surface area (Å²) in [5, 5.41) is 1.39.